The van der Waals surface area contributed by atoms with Crippen LogP contribution < -0.4 is 0 Å². The smallest absolute Gasteiger partial charge is 0.308 e. The Morgan fingerprint density at radius 3 is 2.57 bits per heavy atom. The zero-order valence-electron chi connectivity index (χ0n) is 8.78. The Morgan fingerprint density at radius 1 is 1.43 bits per heavy atom. The Hall–Kier alpha value is -0.570. The lowest BCUT2D eigenvalue weighted by molar-refractivity contribution is -0.138. The summed E-state index contributed by atoms with van der Waals surface area (Å²) < 4.78 is 0. The Balaban J connectivity index is 1.74. The van der Waals surface area contributed by atoms with Gasteiger partial charge in [-0.3, -0.25) is 4.79 Å². The van der Waals surface area contributed by atoms with Crippen LogP contribution in [0.2, 0.25) is 0 Å². The summed E-state index contributed by atoms with van der Waals surface area (Å²) in [6.07, 6.45) is 6.28. The largest absolute Gasteiger partial charge is 0.481 e. The van der Waals surface area contributed by atoms with E-state index in [2.05, 4.69) is 11.9 Å². The van der Waals surface area contributed by atoms with E-state index < -0.39 is 5.97 Å². The molecule has 0 amide bonds. The van der Waals surface area contributed by atoms with Gasteiger partial charge in [-0.25, -0.2) is 0 Å². The molecule has 0 aromatic rings. The predicted octanol–water partition coefficient (Wildman–Crippen LogP) is 1.58. The number of hydrogen-bond acceptors (Lipinski definition) is 2. The van der Waals surface area contributed by atoms with Gasteiger partial charge in [0.2, 0.25) is 0 Å². The lowest BCUT2D eigenvalue weighted by atomic mass is 10.1. The Labute approximate surface area is 85.1 Å². The Morgan fingerprint density at radius 2 is 2.07 bits per heavy atom. The van der Waals surface area contributed by atoms with E-state index in [1.54, 1.807) is 0 Å². The minimum absolute atomic E-state index is 0.0820. The van der Waals surface area contributed by atoms with Gasteiger partial charge in [-0.15, -0.1) is 0 Å². The second-order valence-corrected chi connectivity index (χ2v) is 4.84. The average molecular weight is 197 g/mol. The molecule has 3 nitrogen and oxygen atoms in total. The van der Waals surface area contributed by atoms with Crippen molar-refractivity contribution in [3.63, 3.8) is 0 Å². The molecule has 1 N–H and O–H groups in total. The normalized spacial score (nSPS) is 32.4. The predicted molar refractivity (Wildman–Crippen MR) is 54.1 cm³/mol. The summed E-state index contributed by atoms with van der Waals surface area (Å²) >= 11 is 0. The van der Waals surface area contributed by atoms with Crippen LogP contribution in [-0.2, 0) is 4.79 Å². The first-order chi connectivity index (χ1) is 6.68. The van der Waals surface area contributed by atoms with E-state index >= 15 is 0 Å². The molecule has 2 fully saturated rings. The quantitative estimate of drug-likeness (QED) is 0.744. The van der Waals surface area contributed by atoms with Gasteiger partial charge >= 0.3 is 5.97 Å². The maximum Gasteiger partial charge on any atom is 0.308 e. The van der Waals surface area contributed by atoms with E-state index in [1.165, 1.54) is 25.7 Å². The highest BCUT2D eigenvalue weighted by atomic mass is 16.4. The van der Waals surface area contributed by atoms with Crippen LogP contribution in [0, 0.1) is 11.8 Å². The molecule has 0 radical (unpaired) electrons. The number of rotatable bonds is 4. The van der Waals surface area contributed by atoms with Gasteiger partial charge in [-0.2, -0.15) is 0 Å². The first-order valence-corrected chi connectivity index (χ1v) is 5.61. The number of nitrogens with zero attached hydrogens (tertiary/aromatic N) is 1. The average Bonchev–Trinajstić information content (AvgIpc) is 2.80. The third-order valence-electron chi connectivity index (χ3n) is 3.66. The number of aliphatic carboxylic acids is 1. The first-order valence-electron chi connectivity index (χ1n) is 5.61. The molecule has 2 unspecified atom stereocenters. The van der Waals surface area contributed by atoms with Gasteiger partial charge < -0.3 is 10.0 Å². The lowest BCUT2D eigenvalue weighted by Gasteiger charge is -2.20. The molecule has 2 rings (SSSR count). The molecule has 2 aliphatic carbocycles. The van der Waals surface area contributed by atoms with Crippen LogP contribution in [0.4, 0.5) is 0 Å². The molecule has 0 heterocycles. The summed E-state index contributed by atoms with van der Waals surface area (Å²) in [5.41, 5.74) is 0. The fraction of sp³-hybridized carbons (Fsp3) is 0.909. The third-order valence-corrected chi connectivity index (χ3v) is 3.66. The zero-order chi connectivity index (χ0) is 10.1. The maximum absolute atomic E-state index is 10.7. The molecule has 0 bridgehead atoms. The number of carboxylic acid groups (broad SMARTS) is 1. The summed E-state index contributed by atoms with van der Waals surface area (Å²) in [5.74, 6) is 0.129. The van der Waals surface area contributed by atoms with Crippen LogP contribution in [-0.4, -0.2) is 35.6 Å². The van der Waals surface area contributed by atoms with E-state index in [0.29, 0.717) is 6.04 Å². The number of carbonyl (C=O) groups is 1. The summed E-state index contributed by atoms with van der Waals surface area (Å²) in [6.45, 7) is 1.11. The molecule has 2 atom stereocenters. The molecule has 0 aromatic heterocycles. The Kier molecular flexibility index (Phi) is 2.77. The van der Waals surface area contributed by atoms with Crippen LogP contribution in [0.3, 0.4) is 0 Å². The highest BCUT2D eigenvalue weighted by Gasteiger charge is 2.46. The van der Waals surface area contributed by atoms with Crippen molar-refractivity contribution in [2.24, 2.45) is 11.8 Å². The number of hydrogen-bond donors (Lipinski definition) is 1. The van der Waals surface area contributed by atoms with Crippen molar-refractivity contribution in [2.45, 2.75) is 38.1 Å². The van der Waals surface area contributed by atoms with Crippen LogP contribution >= 0.6 is 0 Å². The van der Waals surface area contributed by atoms with Gasteiger partial charge in [0.25, 0.3) is 0 Å². The molecular formula is C11H19NO2. The van der Waals surface area contributed by atoms with Gasteiger partial charge in [0, 0.05) is 12.6 Å². The summed E-state index contributed by atoms with van der Waals surface area (Å²) in [4.78, 5) is 12.9. The standard InChI is InChI=1S/C11H19NO2/c1-12(7-8-4-2-3-5-8)10-6-9(10)11(13)14/h8-10H,2-7H2,1H3,(H,13,14). The molecule has 0 aliphatic heterocycles. The van der Waals surface area contributed by atoms with Crippen molar-refractivity contribution in [1.29, 1.82) is 0 Å². The fourth-order valence-corrected chi connectivity index (χ4v) is 2.67. The van der Waals surface area contributed by atoms with Crippen molar-refractivity contribution in [3.05, 3.63) is 0 Å². The summed E-state index contributed by atoms with van der Waals surface area (Å²) in [6, 6.07) is 0.327. The van der Waals surface area contributed by atoms with Gasteiger partial charge in [-0.05, 0) is 32.2 Å². The second kappa shape index (κ2) is 3.89. The molecule has 2 aliphatic rings. The van der Waals surface area contributed by atoms with Gasteiger partial charge in [0.05, 0.1) is 5.92 Å². The van der Waals surface area contributed by atoms with E-state index in [1.807, 2.05) is 0 Å². The second-order valence-electron chi connectivity index (χ2n) is 4.84. The van der Waals surface area contributed by atoms with E-state index in [4.69, 9.17) is 5.11 Å². The monoisotopic (exact) mass is 197 g/mol. The van der Waals surface area contributed by atoms with Crippen molar-refractivity contribution < 1.29 is 9.90 Å². The topological polar surface area (TPSA) is 40.5 Å². The van der Waals surface area contributed by atoms with E-state index in [0.717, 1.165) is 18.9 Å². The third kappa shape index (κ3) is 2.08. The van der Waals surface area contributed by atoms with Gasteiger partial charge in [0.15, 0.2) is 0 Å². The van der Waals surface area contributed by atoms with E-state index in [-0.39, 0.29) is 5.92 Å². The first kappa shape index (κ1) is 9.97. The molecule has 2 saturated carbocycles. The summed E-state index contributed by atoms with van der Waals surface area (Å²) in [7, 11) is 2.08. The lowest BCUT2D eigenvalue weighted by Crippen LogP contribution is -2.28. The highest BCUT2D eigenvalue weighted by Crippen LogP contribution is 2.36. The molecule has 14 heavy (non-hydrogen) atoms. The maximum atomic E-state index is 10.7. The minimum Gasteiger partial charge on any atom is -0.481 e. The molecule has 3 heteroatoms. The fourth-order valence-electron chi connectivity index (χ4n) is 2.67. The van der Waals surface area contributed by atoms with Crippen molar-refractivity contribution >= 4 is 5.97 Å². The highest BCUT2D eigenvalue weighted by molar-refractivity contribution is 5.74. The van der Waals surface area contributed by atoms with E-state index in [9.17, 15) is 4.79 Å². The minimum atomic E-state index is -0.617. The van der Waals surface area contributed by atoms with Gasteiger partial charge in [-0.1, -0.05) is 12.8 Å². The Bertz CT molecular complexity index is 223. The van der Waals surface area contributed by atoms with Crippen molar-refractivity contribution in [2.75, 3.05) is 13.6 Å². The van der Waals surface area contributed by atoms with Crippen LogP contribution in [0.5, 0.6) is 0 Å². The molecular weight excluding hydrogens is 178 g/mol. The summed E-state index contributed by atoms with van der Waals surface area (Å²) in [5, 5.41) is 8.81. The van der Waals surface area contributed by atoms with Crippen molar-refractivity contribution in [1.82, 2.24) is 4.90 Å². The van der Waals surface area contributed by atoms with Crippen LogP contribution in [0.25, 0.3) is 0 Å². The number of carboxylic acids is 1. The molecule has 0 saturated heterocycles. The SMILES string of the molecule is CN(CC1CCCC1)C1CC1C(=O)O. The van der Waals surface area contributed by atoms with Crippen LogP contribution in [0.1, 0.15) is 32.1 Å². The molecule has 0 aromatic carbocycles. The van der Waals surface area contributed by atoms with Crippen LogP contribution in [0.15, 0.2) is 0 Å². The van der Waals surface area contributed by atoms with Crippen molar-refractivity contribution in [3.8, 4) is 0 Å². The van der Waals surface area contributed by atoms with Gasteiger partial charge in [0.1, 0.15) is 0 Å². The molecule has 80 valence electrons. The molecule has 0 spiro atoms. The zero-order valence-corrected chi connectivity index (χ0v) is 8.78.